The normalized spacial score (nSPS) is 10.2. The molecule has 5 nitrogen and oxygen atoms in total. The summed E-state index contributed by atoms with van der Waals surface area (Å²) in [5.41, 5.74) is 0. The first kappa shape index (κ1) is 18.1. The lowest BCUT2D eigenvalue weighted by molar-refractivity contribution is 0.280. The van der Waals surface area contributed by atoms with Crippen LogP contribution in [0.15, 0.2) is 36.4 Å². The molecule has 0 saturated carbocycles. The van der Waals surface area contributed by atoms with Crippen LogP contribution in [0.1, 0.15) is 6.42 Å². The maximum Gasteiger partial charge on any atom is 0.203 e. The molecule has 0 fully saturated rings. The number of hydrogen-bond donors (Lipinski definition) is 0. The second-order valence-electron chi connectivity index (χ2n) is 4.71. The smallest absolute Gasteiger partial charge is 0.203 e. The molecule has 0 bridgehead atoms. The molecule has 0 amide bonds. The van der Waals surface area contributed by atoms with E-state index in [-0.39, 0.29) is 0 Å². The van der Waals surface area contributed by atoms with Crippen LogP contribution >= 0.6 is 11.6 Å². The van der Waals surface area contributed by atoms with Crippen molar-refractivity contribution >= 4 is 11.6 Å². The van der Waals surface area contributed by atoms with E-state index in [0.29, 0.717) is 46.8 Å². The third-order valence-electron chi connectivity index (χ3n) is 3.19. The SMILES string of the molecule is COc1cc(OCC[CH]Oc2ccccc2Cl)cc(OC)c1OC. The summed E-state index contributed by atoms with van der Waals surface area (Å²) in [5.74, 6) is 2.86. The fourth-order valence-corrected chi connectivity index (χ4v) is 2.23. The number of methoxy groups -OCH3 is 3. The number of rotatable bonds is 9. The van der Waals surface area contributed by atoms with Crippen molar-refractivity contribution in [2.24, 2.45) is 0 Å². The Hall–Kier alpha value is -2.27. The third kappa shape index (κ3) is 4.61. The van der Waals surface area contributed by atoms with Crippen molar-refractivity contribution in [1.82, 2.24) is 0 Å². The van der Waals surface area contributed by atoms with Gasteiger partial charge in [-0.15, -0.1) is 0 Å². The Morgan fingerprint density at radius 1 is 0.917 bits per heavy atom. The lowest BCUT2D eigenvalue weighted by atomic mass is 10.2. The Morgan fingerprint density at radius 2 is 1.58 bits per heavy atom. The molecule has 2 rings (SSSR count). The standard InChI is InChI=1S/C18H20ClO5/c1-20-16-11-13(12-17(21-2)18(16)22-3)23-9-6-10-24-15-8-5-4-7-14(15)19/h4-5,7-8,10-12H,6,9H2,1-3H3. The summed E-state index contributed by atoms with van der Waals surface area (Å²) in [5, 5.41) is 0.569. The third-order valence-corrected chi connectivity index (χ3v) is 3.50. The zero-order valence-electron chi connectivity index (χ0n) is 13.9. The minimum absolute atomic E-state index is 0.434. The Labute approximate surface area is 147 Å². The van der Waals surface area contributed by atoms with Crippen molar-refractivity contribution in [1.29, 1.82) is 0 Å². The molecule has 6 heteroatoms. The molecule has 0 spiro atoms. The van der Waals surface area contributed by atoms with Gasteiger partial charge in [-0.3, -0.25) is 0 Å². The molecule has 24 heavy (non-hydrogen) atoms. The zero-order valence-corrected chi connectivity index (χ0v) is 14.6. The van der Waals surface area contributed by atoms with Gasteiger partial charge in [0.2, 0.25) is 5.75 Å². The van der Waals surface area contributed by atoms with Crippen molar-refractivity contribution < 1.29 is 23.7 Å². The van der Waals surface area contributed by atoms with Gasteiger partial charge in [0.1, 0.15) is 18.1 Å². The number of para-hydroxylation sites is 1. The highest BCUT2D eigenvalue weighted by Gasteiger charge is 2.13. The average Bonchev–Trinajstić information content (AvgIpc) is 2.61. The Bertz CT molecular complexity index is 635. The molecule has 0 atom stereocenters. The summed E-state index contributed by atoms with van der Waals surface area (Å²) < 4.78 is 27.0. The summed E-state index contributed by atoms with van der Waals surface area (Å²) in [7, 11) is 4.68. The van der Waals surface area contributed by atoms with E-state index in [1.807, 2.05) is 12.1 Å². The molecule has 0 N–H and O–H groups in total. The van der Waals surface area contributed by atoms with E-state index in [1.165, 1.54) is 0 Å². The highest BCUT2D eigenvalue weighted by Crippen LogP contribution is 2.40. The number of hydrogen-bond acceptors (Lipinski definition) is 5. The van der Waals surface area contributed by atoms with Crippen LogP contribution in [-0.2, 0) is 0 Å². The number of halogens is 1. The van der Waals surface area contributed by atoms with Crippen molar-refractivity contribution in [2.75, 3.05) is 27.9 Å². The van der Waals surface area contributed by atoms with Gasteiger partial charge in [-0.05, 0) is 12.1 Å². The van der Waals surface area contributed by atoms with E-state index in [1.54, 1.807) is 52.2 Å². The number of benzene rings is 2. The summed E-state index contributed by atoms with van der Waals surface area (Å²) in [6.45, 7) is 2.09. The van der Waals surface area contributed by atoms with Crippen LogP contribution in [0.5, 0.6) is 28.7 Å². The summed E-state index contributed by atoms with van der Waals surface area (Å²) in [4.78, 5) is 0. The molecule has 2 aromatic carbocycles. The maximum atomic E-state index is 6.01. The molecule has 1 radical (unpaired) electrons. The van der Waals surface area contributed by atoms with Crippen molar-refractivity contribution in [3.63, 3.8) is 0 Å². The molecule has 0 heterocycles. The zero-order chi connectivity index (χ0) is 17.4. The fraction of sp³-hybridized carbons (Fsp3) is 0.278. The highest BCUT2D eigenvalue weighted by atomic mass is 35.5. The van der Waals surface area contributed by atoms with Crippen LogP contribution in [0, 0.1) is 6.61 Å². The Morgan fingerprint density at radius 3 is 2.17 bits per heavy atom. The molecule has 0 aliphatic heterocycles. The summed E-state index contributed by atoms with van der Waals surface area (Å²) in [6, 6.07) is 10.8. The van der Waals surface area contributed by atoms with Gasteiger partial charge in [-0.1, -0.05) is 23.7 Å². The van der Waals surface area contributed by atoms with Gasteiger partial charge in [0, 0.05) is 18.6 Å². The monoisotopic (exact) mass is 351 g/mol. The topological polar surface area (TPSA) is 46.2 Å². The van der Waals surface area contributed by atoms with Gasteiger partial charge in [0.25, 0.3) is 0 Å². The molecule has 0 aromatic heterocycles. The van der Waals surface area contributed by atoms with Crippen LogP contribution in [0.25, 0.3) is 0 Å². The van der Waals surface area contributed by atoms with Crippen LogP contribution in [-0.4, -0.2) is 27.9 Å². The second-order valence-corrected chi connectivity index (χ2v) is 5.12. The quantitative estimate of drug-likeness (QED) is 0.627. The van der Waals surface area contributed by atoms with Gasteiger partial charge in [-0.2, -0.15) is 0 Å². The molecular weight excluding hydrogens is 332 g/mol. The summed E-state index contributed by atoms with van der Waals surface area (Å²) in [6.07, 6.45) is 0.585. The molecule has 2 aromatic rings. The average molecular weight is 352 g/mol. The first-order valence-electron chi connectivity index (χ1n) is 7.35. The van der Waals surface area contributed by atoms with E-state index in [4.69, 9.17) is 35.3 Å². The van der Waals surface area contributed by atoms with E-state index >= 15 is 0 Å². The van der Waals surface area contributed by atoms with Gasteiger partial charge < -0.3 is 23.7 Å². The van der Waals surface area contributed by atoms with Gasteiger partial charge in [0.15, 0.2) is 11.5 Å². The first-order valence-corrected chi connectivity index (χ1v) is 7.73. The van der Waals surface area contributed by atoms with E-state index < -0.39 is 0 Å². The van der Waals surface area contributed by atoms with Gasteiger partial charge in [-0.25, -0.2) is 0 Å². The van der Waals surface area contributed by atoms with Gasteiger partial charge >= 0.3 is 0 Å². The molecule has 0 unspecified atom stereocenters. The predicted octanol–water partition coefficient (Wildman–Crippen LogP) is 4.38. The largest absolute Gasteiger partial charge is 0.493 e. The molecular formula is C18H20ClO5. The van der Waals surface area contributed by atoms with Crippen molar-refractivity contribution in [2.45, 2.75) is 6.42 Å². The minimum Gasteiger partial charge on any atom is -0.493 e. The number of ether oxygens (including phenoxy) is 5. The fourth-order valence-electron chi connectivity index (χ4n) is 2.05. The van der Waals surface area contributed by atoms with Crippen LogP contribution in [0.2, 0.25) is 5.02 Å². The highest BCUT2D eigenvalue weighted by molar-refractivity contribution is 6.32. The van der Waals surface area contributed by atoms with Crippen LogP contribution in [0.3, 0.4) is 0 Å². The molecule has 0 saturated heterocycles. The van der Waals surface area contributed by atoms with E-state index in [9.17, 15) is 0 Å². The second kappa shape index (κ2) is 9.13. The lowest BCUT2D eigenvalue weighted by Crippen LogP contribution is -2.02. The van der Waals surface area contributed by atoms with Crippen molar-refractivity contribution in [3.05, 3.63) is 48.0 Å². The molecule has 0 aliphatic rings. The van der Waals surface area contributed by atoms with E-state index in [0.717, 1.165) is 0 Å². The van der Waals surface area contributed by atoms with Crippen LogP contribution in [0.4, 0.5) is 0 Å². The first-order chi connectivity index (χ1) is 11.7. The van der Waals surface area contributed by atoms with E-state index in [2.05, 4.69) is 0 Å². The summed E-state index contributed by atoms with van der Waals surface area (Å²) >= 11 is 6.01. The van der Waals surface area contributed by atoms with Crippen LogP contribution < -0.4 is 23.7 Å². The Balaban J connectivity index is 1.87. The van der Waals surface area contributed by atoms with Crippen molar-refractivity contribution in [3.8, 4) is 28.7 Å². The molecule has 129 valence electrons. The minimum atomic E-state index is 0.434. The maximum absolute atomic E-state index is 6.01. The van der Waals surface area contributed by atoms with Gasteiger partial charge in [0.05, 0.1) is 33.0 Å². The Kier molecular flexibility index (Phi) is 6.88. The predicted molar refractivity (Wildman–Crippen MR) is 92.6 cm³/mol. The lowest BCUT2D eigenvalue weighted by Gasteiger charge is -2.14. The molecule has 0 aliphatic carbocycles.